The van der Waals surface area contributed by atoms with Crippen molar-refractivity contribution in [3.63, 3.8) is 0 Å². The topological polar surface area (TPSA) is 90.4 Å². The van der Waals surface area contributed by atoms with Gasteiger partial charge in [-0.1, -0.05) is 0 Å². The molecule has 2 aromatic heterocycles. The highest BCUT2D eigenvalue weighted by molar-refractivity contribution is 7.92. The number of hydrogen-bond donors (Lipinski definition) is 1. The number of pyridine rings is 1. The van der Waals surface area contributed by atoms with Crippen molar-refractivity contribution >= 4 is 27.0 Å². The number of ether oxygens (including phenoxy) is 2. The lowest BCUT2D eigenvalue weighted by Crippen LogP contribution is -2.14. The van der Waals surface area contributed by atoms with Crippen LogP contribution in [-0.4, -0.2) is 32.6 Å². The SMILES string of the molecule is COc1ccc(OC)c(S(=O)(=O)Nc2cncc(-c3cscn3)c2)c1. The van der Waals surface area contributed by atoms with E-state index in [1.54, 1.807) is 23.8 Å². The lowest BCUT2D eigenvalue weighted by Gasteiger charge is -2.13. The Morgan fingerprint density at radius 3 is 2.64 bits per heavy atom. The Labute approximate surface area is 149 Å². The van der Waals surface area contributed by atoms with E-state index in [4.69, 9.17) is 9.47 Å². The number of benzene rings is 1. The highest BCUT2D eigenvalue weighted by atomic mass is 32.2. The fraction of sp³-hybridized carbons (Fsp3) is 0.125. The summed E-state index contributed by atoms with van der Waals surface area (Å²) in [5.41, 5.74) is 3.49. The molecule has 130 valence electrons. The summed E-state index contributed by atoms with van der Waals surface area (Å²) in [6.45, 7) is 0. The first-order valence-corrected chi connectivity index (χ1v) is 9.54. The van der Waals surface area contributed by atoms with Crippen LogP contribution in [-0.2, 0) is 10.0 Å². The molecule has 2 heterocycles. The van der Waals surface area contributed by atoms with Gasteiger partial charge in [0.1, 0.15) is 16.4 Å². The molecule has 0 fully saturated rings. The minimum atomic E-state index is -3.89. The smallest absolute Gasteiger partial charge is 0.265 e. The van der Waals surface area contributed by atoms with Crippen molar-refractivity contribution in [2.45, 2.75) is 4.90 Å². The molecule has 3 aromatic rings. The second-order valence-corrected chi connectivity index (χ2v) is 7.33. The number of hydrogen-bond acceptors (Lipinski definition) is 7. The molecule has 7 nitrogen and oxygen atoms in total. The highest BCUT2D eigenvalue weighted by Crippen LogP contribution is 2.30. The van der Waals surface area contributed by atoms with Crippen LogP contribution in [0.2, 0.25) is 0 Å². The zero-order valence-corrected chi connectivity index (χ0v) is 15.1. The average molecular weight is 377 g/mol. The van der Waals surface area contributed by atoms with Crippen LogP contribution in [0.4, 0.5) is 5.69 Å². The maximum absolute atomic E-state index is 12.8. The third-order valence-corrected chi connectivity index (χ3v) is 5.37. The van der Waals surface area contributed by atoms with E-state index in [2.05, 4.69) is 14.7 Å². The Morgan fingerprint density at radius 1 is 1.12 bits per heavy atom. The van der Waals surface area contributed by atoms with Crippen molar-refractivity contribution in [2.75, 3.05) is 18.9 Å². The molecule has 0 aliphatic carbocycles. The van der Waals surface area contributed by atoms with E-state index in [9.17, 15) is 8.42 Å². The summed E-state index contributed by atoms with van der Waals surface area (Å²) >= 11 is 1.45. The summed E-state index contributed by atoms with van der Waals surface area (Å²) in [6, 6.07) is 6.24. The number of rotatable bonds is 6. The van der Waals surface area contributed by atoms with Gasteiger partial charge in [-0.2, -0.15) is 0 Å². The lowest BCUT2D eigenvalue weighted by atomic mass is 10.2. The minimum Gasteiger partial charge on any atom is -0.497 e. The van der Waals surface area contributed by atoms with E-state index in [-0.39, 0.29) is 10.6 Å². The molecular formula is C16H15N3O4S2. The molecule has 0 spiro atoms. The summed E-state index contributed by atoms with van der Waals surface area (Å²) < 4.78 is 38.3. The van der Waals surface area contributed by atoms with Gasteiger partial charge >= 0.3 is 0 Å². The summed E-state index contributed by atoms with van der Waals surface area (Å²) in [6.07, 6.45) is 3.05. The van der Waals surface area contributed by atoms with Gasteiger partial charge in [0.15, 0.2) is 0 Å². The van der Waals surface area contributed by atoms with Crippen LogP contribution in [0.15, 0.2) is 52.4 Å². The Morgan fingerprint density at radius 2 is 1.96 bits per heavy atom. The summed E-state index contributed by atoms with van der Waals surface area (Å²) in [7, 11) is -1.01. The Bertz CT molecular complexity index is 973. The molecule has 0 unspecified atom stereocenters. The third kappa shape index (κ3) is 3.72. The second-order valence-electron chi connectivity index (χ2n) is 4.96. The third-order valence-electron chi connectivity index (χ3n) is 3.38. The molecule has 0 aliphatic rings. The highest BCUT2D eigenvalue weighted by Gasteiger charge is 2.21. The van der Waals surface area contributed by atoms with Crippen LogP contribution in [0, 0.1) is 0 Å². The molecule has 25 heavy (non-hydrogen) atoms. The Hall–Kier alpha value is -2.65. The van der Waals surface area contributed by atoms with Gasteiger partial charge in [0, 0.05) is 23.2 Å². The first-order chi connectivity index (χ1) is 12.0. The van der Waals surface area contributed by atoms with Gasteiger partial charge in [-0.05, 0) is 18.2 Å². The fourth-order valence-electron chi connectivity index (χ4n) is 2.20. The summed E-state index contributed by atoms with van der Waals surface area (Å²) in [5, 5.41) is 1.86. The molecule has 0 amide bonds. The zero-order chi connectivity index (χ0) is 17.9. The molecule has 1 N–H and O–H groups in total. The minimum absolute atomic E-state index is 0.0200. The van der Waals surface area contributed by atoms with Gasteiger partial charge in [-0.15, -0.1) is 11.3 Å². The number of thiazole rings is 1. The van der Waals surface area contributed by atoms with E-state index >= 15 is 0 Å². The number of anilines is 1. The molecule has 3 rings (SSSR count). The second kappa shape index (κ2) is 7.08. The van der Waals surface area contributed by atoms with Gasteiger partial charge in [0.25, 0.3) is 10.0 Å². The van der Waals surface area contributed by atoms with Gasteiger partial charge in [-0.3, -0.25) is 9.71 Å². The van der Waals surface area contributed by atoms with Crippen LogP contribution in [0.1, 0.15) is 0 Å². The van der Waals surface area contributed by atoms with Crippen LogP contribution < -0.4 is 14.2 Å². The Kier molecular flexibility index (Phi) is 4.86. The van der Waals surface area contributed by atoms with E-state index < -0.39 is 10.0 Å². The van der Waals surface area contributed by atoms with Crippen molar-refractivity contribution in [2.24, 2.45) is 0 Å². The largest absolute Gasteiger partial charge is 0.497 e. The standard InChI is InChI=1S/C16H15N3O4S2/c1-22-13-3-4-15(23-2)16(6-13)25(20,21)19-12-5-11(7-17-8-12)14-9-24-10-18-14/h3-10,19H,1-2H3. The fourth-order valence-corrected chi connectivity index (χ4v) is 3.98. The normalized spacial score (nSPS) is 11.1. The summed E-state index contributed by atoms with van der Waals surface area (Å²) in [4.78, 5) is 8.25. The van der Waals surface area contributed by atoms with Crippen LogP contribution >= 0.6 is 11.3 Å². The average Bonchev–Trinajstić information content (AvgIpc) is 3.15. The van der Waals surface area contributed by atoms with E-state index in [1.165, 1.54) is 43.9 Å². The van der Waals surface area contributed by atoms with Gasteiger partial charge in [-0.25, -0.2) is 13.4 Å². The monoisotopic (exact) mass is 377 g/mol. The quantitative estimate of drug-likeness (QED) is 0.710. The molecular weight excluding hydrogens is 362 g/mol. The molecule has 1 aromatic carbocycles. The predicted octanol–water partition coefficient (Wildman–Crippen LogP) is 3.02. The van der Waals surface area contributed by atoms with Crippen LogP contribution in [0.5, 0.6) is 11.5 Å². The first-order valence-electron chi connectivity index (χ1n) is 7.12. The van der Waals surface area contributed by atoms with E-state index in [1.807, 2.05) is 5.38 Å². The molecule has 0 radical (unpaired) electrons. The zero-order valence-electron chi connectivity index (χ0n) is 13.5. The van der Waals surface area contributed by atoms with Crippen molar-refractivity contribution in [1.82, 2.24) is 9.97 Å². The van der Waals surface area contributed by atoms with Crippen molar-refractivity contribution in [3.8, 4) is 22.8 Å². The van der Waals surface area contributed by atoms with Gasteiger partial charge in [0.2, 0.25) is 0 Å². The number of nitrogens with one attached hydrogen (secondary N) is 1. The molecule has 0 saturated heterocycles. The van der Waals surface area contributed by atoms with E-state index in [0.29, 0.717) is 11.4 Å². The van der Waals surface area contributed by atoms with Gasteiger partial charge in [0.05, 0.1) is 37.3 Å². The lowest BCUT2D eigenvalue weighted by molar-refractivity contribution is 0.392. The Balaban J connectivity index is 1.96. The molecule has 0 bridgehead atoms. The molecule has 0 aliphatic heterocycles. The number of aromatic nitrogens is 2. The maximum Gasteiger partial charge on any atom is 0.265 e. The number of methoxy groups -OCH3 is 2. The van der Waals surface area contributed by atoms with Crippen molar-refractivity contribution < 1.29 is 17.9 Å². The predicted molar refractivity (Wildman–Crippen MR) is 95.7 cm³/mol. The van der Waals surface area contributed by atoms with Crippen LogP contribution in [0.3, 0.4) is 0 Å². The summed E-state index contributed by atoms with van der Waals surface area (Å²) in [5.74, 6) is 0.632. The number of sulfonamides is 1. The van der Waals surface area contributed by atoms with E-state index in [0.717, 1.165) is 11.3 Å². The molecule has 0 atom stereocenters. The van der Waals surface area contributed by atoms with Crippen molar-refractivity contribution in [1.29, 1.82) is 0 Å². The number of nitrogens with zero attached hydrogens (tertiary/aromatic N) is 2. The maximum atomic E-state index is 12.8. The molecule has 9 heteroatoms. The van der Waals surface area contributed by atoms with Crippen LogP contribution in [0.25, 0.3) is 11.3 Å². The first kappa shape index (κ1) is 17.2. The van der Waals surface area contributed by atoms with Crippen molar-refractivity contribution in [3.05, 3.63) is 47.5 Å². The molecule has 0 saturated carbocycles. The van der Waals surface area contributed by atoms with Gasteiger partial charge < -0.3 is 9.47 Å².